The molecular weight excluding hydrogens is 837 g/mol. The van der Waals surface area contributed by atoms with E-state index in [4.69, 9.17) is 28.4 Å². The number of allylic oxidation sites excluding steroid dienone is 8. The molecule has 7 N–H and O–H groups in total. The molecule has 11 unspecified atom stereocenters. The standard InChI is InChI=1S/C51H90O14/c1-3-5-7-9-11-13-15-16-17-18-19-20-21-22-23-24-25-26-28-30-32-34-43(53)63-40(37-60-35-33-31-29-27-14-12-10-8-6-4-2)38-61-50-49(59)47(57)45(55)42(65-50)39-62-51-48(58)46(56)44(54)41(36-52)64-51/h5,7,11,13,16-17,19-20,40-42,44-52,54-59H,3-4,6,8-10,12,14-15,18,21-39H2,1-2H3/b7-5-,13-11-,17-16-,20-19-. The Morgan fingerprint density at radius 1 is 0.523 bits per heavy atom. The molecule has 0 aromatic carbocycles. The molecule has 2 heterocycles. The highest BCUT2D eigenvalue weighted by Gasteiger charge is 2.47. The topological polar surface area (TPSA) is 214 Å². The Bertz CT molecular complexity index is 1260. The number of ether oxygens (including phenoxy) is 6. The molecule has 11 atom stereocenters. The van der Waals surface area contributed by atoms with Gasteiger partial charge in [-0.25, -0.2) is 0 Å². The van der Waals surface area contributed by atoms with E-state index in [0.717, 1.165) is 70.6 Å². The molecule has 14 nitrogen and oxygen atoms in total. The van der Waals surface area contributed by atoms with E-state index in [1.807, 2.05) is 0 Å². The maximum absolute atomic E-state index is 13.0. The van der Waals surface area contributed by atoms with Crippen LogP contribution in [0.3, 0.4) is 0 Å². The van der Waals surface area contributed by atoms with Gasteiger partial charge in [0, 0.05) is 13.0 Å². The monoisotopic (exact) mass is 927 g/mol. The minimum atomic E-state index is -1.71. The fraction of sp³-hybridized carbons (Fsp3) is 0.824. The summed E-state index contributed by atoms with van der Waals surface area (Å²) in [5, 5.41) is 72.0. The van der Waals surface area contributed by atoms with Crippen LogP contribution in [0.15, 0.2) is 48.6 Å². The smallest absolute Gasteiger partial charge is 0.306 e. The van der Waals surface area contributed by atoms with Crippen LogP contribution in [0.5, 0.6) is 0 Å². The van der Waals surface area contributed by atoms with Gasteiger partial charge in [-0.15, -0.1) is 0 Å². The fourth-order valence-electron chi connectivity index (χ4n) is 7.75. The van der Waals surface area contributed by atoms with Gasteiger partial charge in [0.15, 0.2) is 12.6 Å². The summed E-state index contributed by atoms with van der Waals surface area (Å²) in [6, 6.07) is 0. The molecule has 0 bridgehead atoms. The van der Waals surface area contributed by atoms with Crippen LogP contribution in [0.2, 0.25) is 0 Å². The minimum Gasteiger partial charge on any atom is -0.457 e. The molecule has 0 radical (unpaired) electrons. The first-order chi connectivity index (χ1) is 31.6. The molecular formula is C51H90O14. The number of aliphatic hydroxyl groups is 7. The van der Waals surface area contributed by atoms with Crippen LogP contribution in [0, 0.1) is 0 Å². The summed E-state index contributed by atoms with van der Waals surface area (Å²) in [7, 11) is 0. The number of esters is 1. The van der Waals surface area contributed by atoms with Crippen LogP contribution in [-0.4, -0.2) is 142 Å². The van der Waals surface area contributed by atoms with E-state index in [1.165, 1.54) is 70.6 Å². The SMILES string of the molecule is CC/C=C\C/C=C\C/C=C\C/C=C\CCCCCCCCCCC(=O)OC(COCCCCCCCCCCCC)COC1OC(COC2OC(CO)C(O)C(O)C2O)C(O)C(O)C1O. The molecule has 65 heavy (non-hydrogen) atoms. The maximum atomic E-state index is 13.0. The van der Waals surface area contributed by atoms with Gasteiger partial charge in [0.2, 0.25) is 0 Å². The van der Waals surface area contributed by atoms with Crippen molar-refractivity contribution in [1.29, 1.82) is 0 Å². The van der Waals surface area contributed by atoms with Crippen LogP contribution < -0.4 is 0 Å². The first-order valence-corrected chi connectivity index (χ1v) is 25.2. The van der Waals surface area contributed by atoms with Gasteiger partial charge in [-0.3, -0.25) is 4.79 Å². The van der Waals surface area contributed by atoms with Crippen molar-refractivity contribution in [2.75, 3.05) is 33.0 Å². The second-order valence-electron chi connectivity index (χ2n) is 17.6. The summed E-state index contributed by atoms with van der Waals surface area (Å²) in [6.07, 6.45) is 27.5. The average molecular weight is 927 g/mol. The predicted molar refractivity (Wildman–Crippen MR) is 252 cm³/mol. The van der Waals surface area contributed by atoms with Crippen LogP contribution in [0.25, 0.3) is 0 Å². The van der Waals surface area contributed by atoms with E-state index in [9.17, 15) is 40.5 Å². The summed E-state index contributed by atoms with van der Waals surface area (Å²) in [6.45, 7) is 3.55. The van der Waals surface area contributed by atoms with Crippen LogP contribution in [-0.2, 0) is 33.2 Å². The summed E-state index contributed by atoms with van der Waals surface area (Å²) in [5.41, 5.74) is 0. The second-order valence-corrected chi connectivity index (χ2v) is 17.6. The van der Waals surface area contributed by atoms with Gasteiger partial charge in [0.25, 0.3) is 0 Å². The van der Waals surface area contributed by atoms with Gasteiger partial charge in [0.05, 0.1) is 26.4 Å². The predicted octanol–water partition coefficient (Wildman–Crippen LogP) is 7.18. The number of aliphatic hydroxyl groups excluding tert-OH is 7. The highest BCUT2D eigenvalue weighted by molar-refractivity contribution is 5.69. The largest absolute Gasteiger partial charge is 0.457 e. The van der Waals surface area contributed by atoms with Gasteiger partial charge in [-0.1, -0.05) is 159 Å². The minimum absolute atomic E-state index is 0.0586. The summed E-state index contributed by atoms with van der Waals surface area (Å²) in [5.74, 6) is -0.386. The van der Waals surface area contributed by atoms with Gasteiger partial charge >= 0.3 is 5.97 Å². The zero-order valence-electron chi connectivity index (χ0n) is 40.0. The Morgan fingerprint density at radius 2 is 1.00 bits per heavy atom. The highest BCUT2D eigenvalue weighted by Crippen LogP contribution is 2.26. The molecule has 2 aliphatic rings. The summed E-state index contributed by atoms with van der Waals surface area (Å²) < 4.78 is 34.2. The number of hydrogen-bond acceptors (Lipinski definition) is 14. The number of carbonyl (C=O) groups is 1. The van der Waals surface area contributed by atoms with Gasteiger partial charge < -0.3 is 64.2 Å². The van der Waals surface area contributed by atoms with E-state index in [-0.39, 0.29) is 25.6 Å². The lowest BCUT2D eigenvalue weighted by Crippen LogP contribution is -2.61. The Kier molecular flexibility index (Phi) is 35.3. The quantitative estimate of drug-likeness (QED) is 0.0185. The van der Waals surface area contributed by atoms with Crippen molar-refractivity contribution < 1.29 is 69.0 Å². The van der Waals surface area contributed by atoms with Crippen molar-refractivity contribution in [2.45, 2.75) is 235 Å². The third kappa shape index (κ3) is 26.9. The van der Waals surface area contributed by atoms with Crippen molar-refractivity contribution in [3.05, 3.63) is 48.6 Å². The summed E-state index contributed by atoms with van der Waals surface area (Å²) in [4.78, 5) is 13.0. The van der Waals surface area contributed by atoms with Crippen molar-refractivity contribution in [2.24, 2.45) is 0 Å². The lowest BCUT2D eigenvalue weighted by Gasteiger charge is -2.42. The molecule has 14 heteroatoms. The average Bonchev–Trinajstić information content (AvgIpc) is 3.30. The second kappa shape index (κ2) is 38.9. The van der Waals surface area contributed by atoms with Crippen molar-refractivity contribution >= 4 is 5.97 Å². The third-order valence-electron chi connectivity index (χ3n) is 11.9. The van der Waals surface area contributed by atoms with Crippen LogP contribution >= 0.6 is 0 Å². The molecule has 0 aromatic rings. The van der Waals surface area contributed by atoms with E-state index in [1.54, 1.807) is 0 Å². The third-order valence-corrected chi connectivity index (χ3v) is 11.9. The molecule has 0 amide bonds. The van der Waals surface area contributed by atoms with Crippen LogP contribution in [0.4, 0.5) is 0 Å². The Morgan fingerprint density at radius 3 is 1.57 bits per heavy atom. The molecule has 2 fully saturated rings. The maximum Gasteiger partial charge on any atom is 0.306 e. The highest BCUT2D eigenvalue weighted by atomic mass is 16.7. The molecule has 2 saturated heterocycles. The lowest BCUT2D eigenvalue weighted by atomic mass is 9.98. The Labute approximate surface area is 391 Å². The van der Waals surface area contributed by atoms with Crippen molar-refractivity contribution in [3.63, 3.8) is 0 Å². The normalized spacial score (nSPS) is 26.9. The number of unbranched alkanes of at least 4 members (excludes halogenated alkanes) is 17. The lowest BCUT2D eigenvalue weighted by molar-refractivity contribution is -0.332. The number of rotatable bonds is 39. The first kappa shape index (κ1) is 59.1. The van der Waals surface area contributed by atoms with Gasteiger partial charge in [-0.2, -0.15) is 0 Å². The van der Waals surface area contributed by atoms with Crippen molar-refractivity contribution in [3.8, 4) is 0 Å². The van der Waals surface area contributed by atoms with E-state index in [0.29, 0.717) is 13.0 Å². The number of hydrogen-bond donors (Lipinski definition) is 7. The molecule has 2 aliphatic heterocycles. The molecule has 0 saturated carbocycles. The molecule has 0 spiro atoms. The van der Waals surface area contributed by atoms with E-state index in [2.05, 4.69) is 62.5 Å². The number of carbonyl (C=O) groups excluding carboxylic acids is 1. The summed E-state index contributed by atoms with van der Waals surface area (Å²) >= 11 is 0. The fourth-order valence-corrected chi connectivity index (χ4v) is 7.75. The molecule has 0 aliphatic carbocycles. The van der Waals surface area contributed by atoms with E-state index < -0.39 is 80.7 Å². The first-order valence-electron chi connectivity index (χ1n) is 25.2. The zero-order chi connectivity index (χ0) is 47.3. The molecule has 0 aromatic heterocycles. The molecule has 378 valence electrons. The Balaban J connectivity index is 1.74. The van der Waals surface area contributed by atoms with Gasteiger partial charge in [-0.05, 0) is 51.4 Å². The van der Waals surface area contributed by atoms with Crippen molar-refractivity contribution in [1.82, 2.24) is 0 Å². The molecule has 2 rings (SSSR count). The van der Waals surface area contributed by atoms with Crippen LogP contribution in [0.1, 0.15) is 168 Å². The zero-order valence-corrected chi connectivity index (χ0v) is 40.0. The Hall–Kier alpha value is -2.05. The van der Waals surface area contributed by atoms with Gasteiger partial charge in [0.1, 0.15) is 54.9 Å². The van der Waals surface area contributed by atoms with E-state index >= 15 is 0 Å².